The summed E-state index contributed by atoms with van der Waals surface area (Å²) in [5.41, 5.74) is 3.45. The maximum absolute atomic E-state index is 13.5. The SMILES string of the molecule is C=C(NC(c1ccc(F)cc1)c1nc(Nc2cc(C)[nH]n2)c2cccn2n1)C(C)C. The van der Waals surface area contributed by atoms with E-state index in [0.717, 1.165) is 22.5 Å². The van der Waals surface area contributed by atoms with Crippen LogP contribution in [0.4, 0.5) is 16.0 Å². The van der Waals surface area contributed by atoms with E-state index in [4.69, 9.17) is 10.1 Å². The normalized spacial score (nSPS) is 12.3. The van der Waals surface area contributed by atoms with Crippen molar-refractivity contribution in [1.29, 1.82) is 0 Å². The molecule has 0 aliphatic rings. The van der Waals surface area contributed by atoms with Gasteiger partial charge in [-0.05, 0) is 42.7 Å². The number of benzene rings is 1. The van der Waals surface area contributed by atoms with E-state index in [1.807, 2.05) is 31.3 Å². The number of hydrogen-bond donors (Lipinski definition) is 3. The lowest BCUT2D eigenvalue weighted by molar-refractivity contribution is 0.569. The predicted octanol–water partition coefficient (Wildman–Crippen LogP) is 4.49. The van der Waals surface area contributed by atoms with E-state index in [1.165, 1.54) is 12.1 Å². The van der Waals surface area contributed by atoms with Crippen LogP contribution in [-0.4, -0.2) is 24.8 Å². The van der Waals surface area contributed by atoms with E-state index in [2.05, 4.69) is 41.3 Å². The average Bonchev–Trinajstić information content (AvgIpc) is 3.35. The zero-order valence-corrected chi connectivity index (χ0v) is 17.1. The molecule has 0 bridgehead atoms. The van der Waals surface area contributed by atoms with Crippen molar-refractivity contribution in [1.82, 2.24) is 30.1 Å². The van der Waals surface area contributed by atoms with Gasteiger partial charge >= 0.3 is 0 Å². The third kappa shape index (κ3) is 4.03. The quantitative estimate of drug-likeness (QED) is 0.422. The maximum atomic E-state index is 13.5. The minimum atomic E-state index is -0.395. The molecular weight excluding hydrogens is 381 g/mol. The largest absolute Gasteiger partial charge is 0.375 e. The summed E-state index contributed by atoms with van der Waals surface area (Å²) in [7, 11) is 0. The Morgan fingerprint density at radius 3 is 2.63 bits per heavy atom. The Balaban J connectivity index is 1.80. The topological polar surface area (TPSA) is 82.9 Å². The highest BCUT2D eigenvalue weighted by Crippen LogP contribution is 2.26. The average molecular weight is 405 g/mol. The second kappa shape index (κ2) is 7.98. The van der Waals surface area contributed by atoms with Crippen molar-refractivity contribution in [2.45, 2.75) is 26.8 Å². The minimum Gasteiger partial charge on any atom is -0.375 e. The highest BCUT2D eigenvalue weighted by atomic mass is 19.1. The van der Waals surface area contributed by atoms with Crippen LogP contribution in [-0.2, 0) is 0 Å². The number of aromatic nitrogens is 5. The number of aromatic amines is 1. The first kappa shape index (κ1) is 19.6. The second-order valence-electron chi connectivity index (χ2n) is 7.53. The predicted molar refractivity (Wildman–Crippen MR) is 115 cm³/mol. The molecule has 0 radical (unpaired) electrons. The molecule has 30 heavy (non-hydrogen) atoms. The van der Waals surface area contributed by atoms with Crippen LogP contribution in [0.25, 0.3) is 5.52 Å². The van der Waals surface area contributed by atoms with Crippen LogP contribution in [0.1, 0.15) is 37.0 Å². The summed E-state index contributed by atoms with van der Waals surface area (Å²) in [6.07, 6.45) is 1.86. The molecule has 3 heterocycles. The van der Waals surface area contributed by atoms with Gasteiger partial charge in [-0.25, -0.2) is 13.9 Å². The summed E-state index contributed by atoms with van der Waals surface area (Å²) in [4.78, 5) is 4.79. The molecule has 1 atom stereocenters. The van der Waals surface area contributed by atoms with E-state index in [1.54, 1.807) is 16.6 Å². The van der Waals surface area contributed by atoms with Crippen molar-refractivity contribution < 1.29 is 4.39 Å². The van der Waals surface area contributed by atoms with Gasteiger partial charge in [-0.2, -0.15) is 5.10 Å². The molecule has 0 aliphatic heterocycles. The van der Waals surface area contributed by atoms with Gasteiger partial charge in [-0.15, -0.1) is 5.10 Å². The van der Waals surface area contributed by atoms with Gasteiger partial charge in [-0.3, -0.25) is 5.10 Å². The second-order valence-corrected chi connectivity index (χ2v) is 7.53. The van der Waals surface area contributed by atoms with E-state index in [9.17, 15) is 4.39 Å². The number of halogens is 1. The Labute approximate surface area is 174 Å². The van der Waals surface area contributed by atoms with E-state index in [-0.39, 0.29) is 11.7 Å². The maximum Gasteiger partial charge on any atom is 0.178 e. The molecule has 7 nitrogen and oxygen atoms in total. The standard InChI is InChI=1S/C22H24FN7/c1-13(2)15(4)24-20(16-7-9-17(23)10-8-16)22-26-21(18-6-5-11-30(18)29-22)25-19-12-14(3)27-28-19/h5-13,20,24H,4H2,1-3H3,(H2,25,26,27,28,29). The number of fused-ring (bicyclic) bond motifs is 1. The molecule has 1 aromatic carbocycles. The molecule has 1 unspecified atom stereocenters. The molecule has 4 rings (SSSR count). The van der Waals surface area contributed by atoms with Crippen LogP contribution in [0.15, 0.2) is 60.9 Å². The van der Waals surface area contributed by atoms with Gasteiger partial charge in [0.05, 0.1) is 0 Å². The van der Waals surface area contributed by atoms with Crippen molar-refractivity contribution in [2.75, 3.05) is 5.32 Å². The zero-order chi connectivity index (χ0) is 21.3. The fraction of sp³-hybridized carbons (Fsp3) is 0.227. The molecular formula is C22H24FN7. The van der Waals surface area contributed by atoms with Crippen molar-refractivity contribution in [3.8, 4) is 0 Å². The molecule has 4 aromatic rings. The number of aryl methyl sites for hydroxylation is 1. The van der Waals surface area contributed by atoms with Crippen molar-refractivity contribution >= 4 is 17.2 Å². The first-order chi connectivity index (χ1) is 14.4. The number of hydrogen-bond acceptors (Lipinski definition) is 5. The Hall–Kier alpha value is -3.68. The Kier molecular flexibility index (Phi) is 5.22. The van der Waals surface area contributed by atoms with Gasteiger partial charge < -0.3 is 10.6 Å². The number of H-pyrrole nitrogens is 1. The van der Waals surface area contributed by atoms with E-state index < -0.39 is 6.04 Å². The molecule has 0 aliphatic carbocycles. The van der Waals surface area contributed by atoms with Gasteiger partial charge in [0.1, 0.15) is 17.4 Å². The van der Waals surface area contributed by atoms with Crippen LogP contribution in [0, 0.1) is 18.7 Å². The first-order valence-corrected chi connectivity index (χ1v) is 9.76. The van der Waals surface area contributed by atoms with Crippen molar-refractivity contribution in [2.24, 2.45) is 5.92 Å². The first-order valence-electron chi connectivity index (χ1n) is 9.76. The Morgan fingerprint density at radius 1 is 1.20 bits per heavy atom. The summed E-state index contributed by atoms with van der Waals surface area (Å²) in [5.74, 6) is 1.74. The number of nitrogens with zero attached hydrogens (tertiary/aromatic N) is 4. The summed E-state index contributed by atoms with van der Waals surface area (Å²) in [6.45, 7) is 10.2. The summed E-state index contributed by atoms with van der Waals surface area (Å²) in [5, 5.41) is 18.5. The minimum absolute atomic E-state index is 0.216. The van der Waals surface area contributed by atoms with E-state index in [0.29, 0.717) is 17.5 Å². The zero-order valence-electron chi connectivity index (χ0n) is 17.1. The number of nitrogens with one attached hydrogen (secondary N) is 3. The monoisotopic (exact) mass is 405 g/mol. The molecule has 0 saturated carbocycles. The van der Waals surface area contributed by atoms with Gasteiger partial charge in [0, 0.05) is 23.7 Å². The molecule has 0 fully saturated rings. The van der Waals surface area contributed by atoms with Crippen LogP contribution in [0.3, 0.4) is 0 Å². The highest BCUT2D eigenvalue weighted by molar-refractivity contribution is 5.72. The lowest BCUT2D eigenvalue weighted by atomic mass is 10.0. The lowest BCUT2D eigenvalue weighted by Crippen LogP contribution is -2.26. The molecule has 0 amide bonds. The molecule has 3 aromatic heterocycles. The van der Waals surface area contributed by atoms with Crippen LogP contribution < -0.4 is 10.6 Å². The third-order valence-electron chi connectivity index (χ3n) is 4.85. The Bertz CT molecular complexity index is 1170. The third-order valence-corrected chi connectivity index (χ3v) is 4.85. The summed E-state index contributed by atoms with van der Waals surface area (Å²) in [6, 6.07) is 11.7. The summed E-state index contributed by atoms with van der Waals surface area (Å²) < 4.78 is 15.3. The smallest absolute Gasteiger partial charge is 0.178 e. The van der Waals surface area contributed by atoms with Gasteiger partial charge in [0.2, 0.25) is 0 Å². The Morgan fingerprint density at radius 2 is 1.97 bits per heavy atom. The number of allylic oxidation sites excluding steroid dienone is 1. The number of anilines is 2. The van der Waals surface area contributed by atoms with Crippen molar-refractivity contribution in [3.63, 3.8) is 0 Å². The van der Waals surface area contributed by atoms with E-state index >= 15 is 0 Å². The van der Waals surface area contributed by atoms with Crippen molar-refractivity contribution in [3.05, 3.63) is 83.8 Å². The summed E-state index contributed by atoms with van der Waals surface area (Å²) >= 11 is 0. The molecule has 3 N–H and O–H groups in total. The van der Waals surface area contributed by atoms with Gasteiger partial charge in [0.15, 0.2) is 17.5 Å². The fourth-order valence-corrected chi connectivity index (χ4v) is 3.07. The van der Waals surface area contributed by atoms with Gasteiger partial charge in [0.25, 0.3) is 0 Å². The molecule has 0 saturated heterocycles. The number of rotatable bonds is 7. The lowest BCUT2D eigenvalue weighted by Gasteiger charge is -2.23. The van der Waals surface area contributed by atoms with Crippen LogP contribution in [0.5, 0.6) is 0 Å². The molecule has 8 heteroatoms. The highest BCUT2D eigenvalue weighted by Gasteiger charge is 2.21. The van der Waals surface area contributed by atoms with Gasteiger partial charge in [-0.1, -0.05) is 32.6 Å². The van der Waals surface area contributed by atoms with Crippen LogP contribution in [0.2, 0.25) is 0 Å². The fourth-order valence-electron chi connectivity index (χ4n) is 3.07. The molecule has 154 valence electrons. The van der Waals surface area contributed by atoms with Crippen LogP contribution >= 0.6 is 0 Å². The molecule has 0 spiro atoms.